The summed E-state index contributed by atoms with van der Waals surface area (Å²) in [6, 6.07) is 8.16. The average Bonchev–Trinajstić information content (AvgIpc) is 2.83. The minimum absolute atomic E-state index is 0.0456. The third-order valence-electron chi connectivity index (χ3n) is 3.21. The third-order valence-corrected chi connectivity index (χ3v) is 3.41. The van der Waals surface area contributed by atoms with E-state index in [1.165, 1.54) is 12.3 Å². The molecule has 108 valence electrons. The van der Waals surface area contributed by atoms with Gasteiger partial charge in [-0.2, -0.15) is 0 Å². The van der Waals surface area contributed by atoms with Crippen molar-refractivity contribution in [3.63, 3.8) is 0 Å². The largest absolute Gasteiger partial charge is 0.396 e. The van der Waals surface area contributed by atoms with Crippen LogP contribution in [0.3, 0.4) is 0 Å². The van der Waals surface area contributed by atoms with Crippen molar-refractivity contribution in [3.05, 3.63) is 47.4 Å². The molecule has 0 radical (unpaired) electrons. The molecule has 0 spiro atoms. The summed E-state index contributed by atoms with van der Waals surface area (Å²) in [4.78, 5) is 8.73. The van der Waals surface area contributed by atoms with Crippen molar-refractivity contribution in [2.75, 3.05) is 6.61 Å². The number of aliphatic hydroxyl groups excluding tert-OH is 1. The van der Waals surface area contributed by atoms with Gasteiger partial charge in [-0.25, -0.2) is 14.4 Å². The van der Waals surface area contributed by atoms with Crippen LogP contribution in [0.4, 0.5) is 4.39 Å². The lowest BCUT2D eigenvalue weighted by molar-refractivity contribution is 0.280. The molecule has 1 N–H and O–H groups in total. The standard InChI is InChI=1S/C15H13ClFN3O/c16-10-8-13-15(18-9-10)20(6-3-7-21)14(19-13)11-4-1-2-5-12(11)17/h1-2,4-5,8-9,21H,3,6-7H2. The molecule has 0 aliphatic heterocycles. The molecule has 2 heterocycles. The van der Waals surface area contributed by atoms with Crippen molar-refractivity contribution < 1.29 is 9.50 Å². The maximum absolute atomic E-state index is 14.0. The predicted octanol–water partition coefficient (Wildman–Crippen LogP) is 3.27. The molecular formula is C15H13ClFN3O. The number of aliphatic hydroxyl groups is 1. The van der Waals surface area contributed by atoms with E-state index in [2.05, 4.69) is 9.97 Å². The van der Waals surface area contributed by atoms with Crippen LogP contribution in [-0.4, -0.2) is 26.2 Å². The highest BCUT2D eigenvalue weighted by Gasteiger charge is 2.16. The van der Waals surface area contributed by atoms with Crippen molar-refractivity contribution in [1.82, 2.24) is 14.5 Å². The molecule has 0 aliphatic rings. The van der Waals surface area contributed by atoms with Crippen LogP contribution in [0, 0.1) is 5.82 Å². The number of rotatable bonds is 4. The first-order chi connectivity index (χ1) is 10.2. The van der Waals surface area contributed by atoms with Gasteiger partial charge in [-0.3, -0.25) is 0 Å². The molecule has 0 amide bonds. The molecule has 2 aromatic heterocycles. The summed E-state index contributed by atoms with van der Waals surface area (Å²) in [5, 5.41) is 9.53. The number of nitrogens with zero attached hydrogens (tertiary/aromatic N) is 3. The molecule has 0 saturated heterocycles. The van der Waals surface area contributed by atoms with Gasteiger partial charge in [-0.15, -0.1) is 0 Å². The molecule has 0 bridgehead atoms. The normalized spacial score (nSPS) is 11.2. The lowest BCUT2D eigenvalue weighted by Crippen LogP contribution is -2.04. The maximum atomic E-state index is 14.0. The quantitative estimate of drug-likeness (QED) is 0.805. The number of benzene rings is 1. The van der Waals surface area contributed by atoms with E-state index in [4.69, 9.17) is 16.7 Å². The van der Waals surface area contributed by atoms with Crippen LogP contribution in [-0.2, 0) is 6.54 Å². The van der Waals surface area contributed by atoms with Gasteiger partial charge in [0, 0.05) is 19.3 Å². The van der Waals surface area contributed by atoms with Gasteiger partial charge in [0.1, 0.15) is 17.2 Å². The molecule has 0 unspecified atom stereocenters. The predicted molar refractivity (Wildman–Crippen MR) is 79.6 cm³/mol. The molecule has 4 nitrogen and oxygen atoms in total. The monoisotopic (exact) mass is 305 g/mol. The highest BCUT2D eigenvalue weighted by atomic mass is 35.5. The zero-order valence-electron chi connectivity index (χ0n) is 11.1. The zero-order valence-corrected chi connectivity index (χ0v) is 11.9. The smallest absolute Gasteiger partial charge is 0.160 e. The topological polar surface area (TPSA) is 50.9 Å². The molecule has 0 aliphatic carbocycles. The summed E-state index contributed by atoms with van der Waals surface area (Å²) in [6.45, 7) is 0.551. The van der Waals surface area contributed by atoms with Gasteiger partial charge >= 0.3 is 0 Å². The fraction of sp³-hybridized carbons (Fsp3) is 0.200. The molecule has 0 atom stereocenters. The second kappa shape index (κ2) is 5.79. The van der Waals surface area contributed by atoms with Crippen LogP contribution < -0.4 is 0 Å². The highest BCUT2D eigenvalue weighted by molar-refractivity contribution is 6.31. The Hall–Kier alpha value is -1.98. The number of hydrogen-bond donors (Lipinski definition) is 1. The van der Waals surface area contributed by atoms with Gasteiger partial charge < -0.3 is 9.67 Å². The fourth-order valence-electron chi connectivity index (χ4n) is 2.28. The van der Waals surface area contributed by atoms with Gasteiger partial charge in [0.15, 0.2) is 5.65 Å². The molecule has 1 aromatic carbocycles. The van der Waals surface area contributed by atoms with Crippen LogP contribution in [0.5, 0.6) is 0 Å². The number of halogens is 2. The first-order valence-corrected chi connectivity index (χ1v) is 6.96. The lowest BCUT2D eigenvalue weighted by Gasteiger charge is -2.08. The maximum Gasteiger partial charge on any atom is 0.160 e. The molecule has 0 saturated carbocycles. The van der Waals surface area contributed by atoms with Crippen LogP contribution in [0.15, 0.2) is 36.5 Å². The number of imidazole rings is 1. The third kappa shape index (κ3) is 2.62. The summed E-state index contributed by atoms with van der Waals surface area (Å²) in [5.74, 6) is 0.149. The second-order valence-electron chi connectivity index (χ2n) is 4.64. The van der Waals surface area contributed by atoms with Crippen molar-refractivity contribution in [1.29, 1.82) is 0 Å². The van der Waals surface area contributed by atoms with E-state index in [0.29, 0.717) is 40.5 Å². The Morgan fingerprint density at radius 1 is 1.29 bits per heavy atom. The number of fused-ring (bicyclic) bond motifs is 1. The Bertz CT molecular complexity index is 788. The first-order valence-electron chi connectivity index (χ1n) is 6.58. The lowest BCUT2D eigenvalue weighted by atomic mass is 10.2. The Morgan fingerprint density at radius 2 is 2.10 bits per heavy atom. The van der Waals surface area contributed by atoms with Crippen molar-refractivity contribution >= 4 is 22.8 Å². The summed E-state index contributed by atoms with van der Waals surface area (Å²) < 4.78 is 15.8. The van der Waals surface area contributed by atoms with E-state index in [9.17, 15) is 4.39 Å². The Kier molecular flexibility index (Phi) is 3.86. The minimum atomic E-state index is -0.343. The van der Waals surface area contributed by atoms with E-state index in [-0.39, 0.29) is 12.4 Å². The fourth-order valence-corrected chi connectivity index (χ4v) is 2.43. The molecule has 0 fully saturated rings. The molecule has 3 rings (SSSR count). The Labute approximate surface area is 125 Å². The first kappa shape index (κ1) is 14.0. The van der Waals surface area contributed by atoms with E-state index in [1.807, 2.05) is 0 Å². The highest BCUT2D eigenvalue weighted by Crippen LogP contribution is 2.27. The van der Waals surface area contributed by atoms with E-state index in [1.54, 1.807) is 28.8 Å². The van der Waals surface area contributed by atoms with Crippen LogP contribution in [0.1, 0.15) is 6.42 Å². The molecule has 6 heteroatoms. The van der Waals surface area contributed by atoms with Crippen molar-refractivity contribution in [2.24, 2.45) is 0 Å². The SMILES string of the molecule is OCCCn1c(-c2ccccc2F)nc2cc(Cl)cnc21. The van der Waals surface area contributed by atoms with Gasteiger partial charge in [0.2, 0.25) is 0 Å². The summed E-state index contributed by atoms with van der Waals surface area (Å²) in [5.41, 5.74) is 1.65. The number of aryl methyl sites for hydroxylation is 1. The van der Waals surface area contributed by atoms with Crippen molar-refractivity contribution in [3.8, 4) is 11.4 Å². The van der Waals surface area contributed by atoms with Crippen LogP contribution >= 0.6 is 11.6 Å². The van der Waals surface area contributed by atoms with Gasteiger partial charge in [0.05, 0.1) is 10.6 Å². The average molecular weight is 306 g/mol. The molecular weight excluding hydrogens is 293 g/mol. The van der Waals surface area contributed by atoms with E-state index < -0.39 is 0 Å². The Balaban J connectivity index is 2.23. The summed E-state index contributed by atoms with van der Waals surface area (Å²) in [7, 11) is 0. The van der Waals surface area contributed by atoms with E-state index >= 15 is 0 Å². The van der Waals surface area contributed by atoms with E-state index in [0.717, 1.165) is 0 Å². The zero-order chi connectivity index (χ0) is 14.8. The minimum Gasteiger partial charge on any atom is -0.396 e. The summed E-state index contributed by atoms with van der Waals surface area (Å²) >= 11 is 5.94. The van der Waals surface area contributed by atoms with Crippen LogP contribution in [0.25, 0.3) is 22.6 Å². The van der Waals surface area contributed by atoms with Crippen molar-refractivity contribution in [2.45, 2.75) is 13.0 Å². The van der Waals surface area contributed by atoms with Gasteiger partial charge in [0.25, 0.3) is 0 Å². The number of hydrogen-bond acceptors (Lipinski definition) is 3. The summed E-state index contributed by atoms with van der Waals surface area (Å²) in [6.07, 6.45) is 2.07. The van der Waals surface area contributed by atoms with Gasteiger partial charge in [-0.05, 0) is 24.6 Å². The molecule has 21 heavy (non-hydrogen) atoms. The number of pyridine rings is 1. The van der Waals surface area contributed by atoms with Gasteiger partial charge in [-0.1, -0.05) is 23.7 Å². The molecule has 3 aromatic rings. The Morgan fingerprint density at radius 3 is 2.86 bits per heavy atom. The van der Waals surface area contributed by atoms with Crippen LogP contribution in [0.2, 0.25) is 5.02 Å². The number of aromatic nitrogens is 3. The second-order valence-corrected chi connectivity index (χ2v) is 5.08.